The molecule has 1 amide bonds. The molecule has 6 heteroatoms. The Morgan fingerprint density at radius 3 is 2.35 bits per heavy atom. The van der Waals surface area contributed by atoms with Gasteiger partial charge < -0.3 is 10.2 Å². The number of amides is 1. The van der Waals surface area contributed by atoms with Gasteiger partial charge in [0.05, 0.1) is 0 Å². The molecule has 6 nitrogen and oxygen atoms in total. The SMILES string of the molecule is C/C=C\CCCC(=O)NCc1ccc(CO[N+](=O)[O-])cc1.c1ccc(CCCCCC2CCCC2)cc1. The van der Waals surface area contributed by atoms with E-state index in [1.807, 2.05) is 31.2 Å². The van der Waals surface area contributed by atoms with E-state index < -0.39 is 5.09 Å². The topological polar surface area (TPSA) is 81.5 Å². The van der Waals surface area contributed by atoms with Crippen molar-refractivity contribution in [3.8, 4) is 0 Å². The van der Waals surface area contributed by atoms with Crippen LogP contribution in [0.4, 0.5) is 0 Å². The quantitative estimate of drug-likeness (QED) is 0.115. The zero-order valence-corrected chi connectivity index (χ0v) is 22.4. The molecule has 0 bridgehead atoms. The summed E-state index contributed by atoms with van der Waals surface area (Å²) >= 11 is 0. The van der Waals surface area contributed by atoms with Crippen LogP contribution in [0.25, 0.3) is 0 Å². The molecule has 0 atom stereocenters. The third-order valence-corrected chi connectivity index (χ3v) is 6.76. The van der Waals surface area contributed by atoms with E-state index >= 15 is 0 Å². The molecule has 2 aromatic carbocycles. The van der Waals surface area contributed by atoms with E-state index in [0.717, 1.165) is 24.3 Å². The molecule has 37 heavy (non-hydrogen) atoms. The van der Waals surface area contributed by atoms with E-state index in [9.17, 15) is 14.9 Å². The van der Waals surface area contributed by atoms with Gasteiger partial charge in [-0.05, 0) is 55.2 Å². The number of allylic oxidation sites excluding steroid dienone is 2. The van der Waals surface area contributed by atoms with Gasteiger partial charge in [0.15, 0.2) is 0 Å². The van der Waals surface area contributed by atoms with Gasteiger partial charge in [-0.2, -0.15) is 0 Å². The molecule has 1 aliphatic carbocycles. The Bertz CT molecular complexity index is 907. The predicted molar refractivity (Wildman–Crippen MR) is 149 cm³/mol. The van der Waals surface area contributed by atoms with Gasteiger partial charge in [0, 0.05) is 13.0 Å². The van der Waals surface area contributed by atoms with E-state index in [0.29, 0.717) is 18.5 Å². The summed E-state index contributed by atoms with van der Waals surface area (Å²) in [5, 5.41) is 12.1. The Morgan fingerprint density at radius 1 is 0.973 bits per heavy atom. The van der Waals surface area contributed by atoms with Gasteiger partial charge >= 0.3 is 0 Å². The van der Waals surface area contributed by atoms with Crippen LogP contribution in [0.1, 0.15) is 94.2 Å². The van der Waals surface area contributed by atoms with E-state index in [-0.39, 0.29) is 12.5 Å². The maximum absolute atomic E-state index is 11.6. The average molecular weight is 509 g/mol. The molecule has 0 spiro atoms. The fourth-order valence-electron chi connectivity index (χ4n) is 4.60. The van der Waals surface area contributed by atoms with Crippen LogP contribution in [0, 0.1) is 16.0 Å². The van der Waals surface area contributed by atoms with Gasteiger partial charge in [0.25, 0.3) is 5.09 Å². The Balaban J connectivity index is 0.000000269. The third kappa shape index (κ3) is 14.9. The summed E-state index contributed by atoms with van der Waals surface area (Å²) in [5.74, 6) is 1.11. The molecule has 1 aliphatic rings. The van der Waals surface area contributed by atoms with E-state index in [1.54, 1.807) is 12.1 Å². The van der Waals surface area contributed by atoms with Crippen molar-refractivity contribution >= 4 is 5.91 Å². The van der Waals surface area contributed by atoms with Crippen molar-refractivity contribution in [2.75, 3.05) is 0 Å². The number of unbranched alkanes of at least 4 members (excludes halogenated alkanes) is 3. The van der Waals surface area contributed by atoms with Crippen molar-refractivity contribution in [1.29, 1.82) is 0 Å². The molecular weight excluding hydrogens is 464 g/mol. The Labute approximate surface area is 222 Å². The number of hydrogen-bond donors (Lipinski definition) is 1. The number of benzene rings is 2. The van der Waals surface area contributed by atoms with Crippen molar-refractivity contribution in [3.05, 3.63) is 93.6 Å². The highest BCUT2D eigenvalue weighted by atomic mass is 16.9. The lowest BCUT2D eigenvalue weighted by atomic mass is 9.98. The molecular formula is C31H44N2O4. The second-order valence-electron chi connectivity index (χ2n) is 9.79. The predicted octanol–water partition coefficient (Wildman–Crippen LogP) is 7.74. The van der Waals surface area contributed by atoms with Gasteiger partial charge in [-0.25, -0.2) is 0 Å². The van der Waals surface area contributed by atoms with Crippen LogP contribution < -0.4 is 5.32 Å². The highest BCUT2D eigenvalue weighted by Crippen LogP contribution is 2.29. The molecule has 0 aromatic heterocycles. The van der Waals surface area contributed by atoms with E-state index in [1.165, 1.54) is 63.4 Å². The van der Waals surface area contributed by atoms with Crippen LogP contribution in [-0.2, 0) is 29.2 Å². The van der Waals surface area contributed by atoms with Gasteiger partial charge in [0.1, 0.15) is 6.61 Å². The number of nitrogens with one attached hydrogen (secondary N) is 1. The molecule has 1 saturated carbocycles. The summed E-state index contributed by atoms with van der Waals surface area (Å²) in [7, 11) is 0. The normalized spacial score (nSPS) is 13.2. The van der Waals surface area contributed by atoms with Crippen molar-refractivity contribution in [1.82, 2.24) is 5.32 Å². The average Bonchev–Trinajstić information content (AvgIpc) is 3.44. The summed E-state index contributed by atoms with van der Waals surface area (Å²) in [5.41, 5.74) is 3.16. The molecule has 0 heterocycles. The smallest absolute Gasteiger partial charge is 0.294 e. The summed E-state index contributed by atoms with van der Waals surface area (Å²) < 4.78 is 0. The molecule has 202 valence electrons. The molecule has 0 unspecified atom stereocenters. The molecule has 1 fully saturated rings. The standard InChI is InChI=1S/C16H24.C15H20N2O4/c1-3-9-15(10-4-1)11-5-2-6-12-16-13-7-8-14-16;1-2-3-4-5-6-15(18)16-11-13-7-9-14(10-8-13)12-21-17(19)20/h1,3-4,9-10,16H,2,5-8,11-14H2;2-3,7-10H,4-6,11-12H2,1H3,(H,16,18)/b;3-2-. The van der Waals surface area contributed by atoms with Crippen molar-refractivity contribution in [2.24, 2.45) is 5.92 Å². The fraction of sp³-hybridized carbons (Fsp3) is 0.516. The zero-order chi connectivity index (χ0) is 26.6. The molecule has 0 aliphatic heterocycles. The minimum absolute atomic E-state index is 0.0280. The monoisotopic (exact) mass is 508 g/mol. The minimum atomic E-state index is -0.818. The van der Waals surface area contributed by atoms with Crippen LogP contribution in [-0.4, -0.2) is 11.0 Å². The highest BCUT2D eigenvalue weighted by Gasteiger charge is 2.13. The lowest BCUT2D eigenvalue weighted by Gasteiger charge is -2.07. The van der Waals surface area contributed by atoms with E-state index in [2.05, 4.69) is 40.5 Å². The van der Waals surface area contributed by atoms with Crippen molar-refractivity contribution < 1.29 is 14.7 Å². The molecule has 3 rings (SSSR count). The highest BCUT2D eigenvalue weighted by molar-refractivity contribution is 5.75. The summed E-state index contributed by atoms with van der Waals surface area (Å²) in [6.45, 7) is 2.35. The number of aryl methyl sites for hydroxylation is 1. The lowest BCUT2D eigenvalue weighted by molar-refractivity contribution is -0.763. The Hall–Kier alpha value is -3.15. The van der Waals surface area contributed by atoms with Crippen LogP contribution in [0.5, 0.6) is 0 Å². The maximum Gasteiger partial charge on any atom is 0.294 e. The van der Waals surface area contributed by atoms with Crippen LogP contribution in [0.15, 0.2) is 66.7 Å². The number of hydrogen-bond acceptors (Lipinski definition) is 4. The van der Waals surface area contributed by atoms with Crippen LogP contribution in [0.3, 0.4) is 0 Å². The minimum Gasteiger partial charge on any atom is -0.352 e. The van der Waals surface area contributed by atoms with Gasteiger partial charge in [-0.1, -0.05) is 112 Å². The summed E-state index contributed by atoms with van der Waals surface area (Å²) in [4.78, 5) is 25.9. The zero-order valence-electron chi connectivity index (χ0n) is 22.4. The van der Waals surface area contributed by atoms with Gasteiger partial charge in [0.2, 0.25) is 5.91 Å². The lowest BCUT2D eigenvalue weighted by Crippen LogP contribution is -2.22. The Kier molecular flexibility index (Phi) is 15.5. The summed E-state index contributed by atoms with van der Waals surface area (Å²) in [6.07, 6.45) is 19.3. The van der Waals surface area contributed by atoms with Crippen LogP contribution in [0.2, 0.25) is 0 Å². The number of carbonyl (C=O) groups excluding carboxylic acids is 1. The molecule has 2 aromatic rings. The second kappa shape index (κ2) is 19.0. The first kappa shape index (κ1) is 30.1. The second-order valence-corrected chi connectivity index (χ2v) is 9.79. The van der Waals surface area contributed by atoms with Crippen molar-refractivity contribution in [2.45, 2.75) is 97.1 Å². The van der Waals surface area contributed by atoms with E-state index in [4.69, 9.17) is 0 Å². The number of carbonyl (C=O) groups is 1. The fourth-order valence-corrected chi connectivity index (χ4v) is 4.60. The first-order valence-electron chi connectivity index (χ1n) is 13.8. The van der Waals surface area contributed by atoms with Crippen molar-refractivity contribution in [3.63, 3.8) is 0 Å². The molecule has 0 saturated heterocycles. The molecule has 1 N–H and O–H groups in total. The molecule has 0 radical (unpaired) electrons. The first-order valence-corrected chi connectivity index (χ1v) is 13.8. The first-order chi connectivity index (χ1) is 18.1. The van der Waals surface area contributed by atoms with Gasteiger partial charge in [-0.3, -0.25) is 4.79 Å². The maximum atomic E-state index is 11.6. The number of rotatable bonds is 15. The largest absolute Gasteiger partial charge is 0.352 e. The number of nitrogens with zero attached hydrogens (tertiary/aromatic N) is 1. The van der Waals surface area contributed by atoms with Gasteiger partial charge in [-0.15, -0.1) is 10.1 Å². The summed E-state index contributed by atoms with van der Waals surface area (Å²) in [6, 6.07) is 18.0. The Morgan fingerprint density at radius 2 is 1.68 bits per heavy atom. The van der Waals surface area contributed by atoms with Crippen LogP contribution >= 0.6 is 0 Å². The third-order valence-electron chi connectivity index (χ3n) is 6.76.